The Morgan fingerprint density at radius 2 is 2.24 bits per heavy atom. The Morgan fingerprint density at radius 3 is 2.76 bits per heavy atom. The van der Waals surface area contributed by atoms with Gasteiger partial charge in [-0.05, 0) is 31.5 Å². The average molecular weight is 241 g/mol. The Balaban J connectivity index is 2.62. The molecule has 0 aromatic heterocycles. The van der Waals surface area contributed by atoms with Crippen molar-refractivity contribution in [3.05, 3.63) is 35.6 Å². The number of rotatable bonds is 5. The van der Waals surface area contributed by atoms with Crippen molar-refractivity contribution in [3.63, 3.8) is 0 Å². The molecule has 1 aromatic carbocycles. The fourth-order valence-electron chi connectivity index (χ4n) is 1.32. The second-order valence-corrected chi connectivity index (χ2v) is 4.24. The smallest absolute Gasteiger partial charge is 0.336 e. The number of nitrogens with one attached hydrogen (secondary N) is 1. The normalized spacial score (nSPS) is 16.2. The highest BCUT2D eigenvalue weighted by atomic mass is 19.1. The second kappa shape index (κ2) is 5.25. The van der Waals surface area contributed by atoms with Gasteiger partial charge >= 0.3 is 5.97 Å². The van der Waals surface area contributed by atoms with Crippen LogP contribution in [-0.4, -0.2) is 28.3 Å². The molecule has 3 N–H and O–H groups in total. The molecule has 0 aliphatic heterocycles. The molecule has 0 aliphatic rings. The number of benzene rings is 1. The largest absolute Gasteiger partial charge is 0.479 e. The van der Waals surface area contributed by atoms with E-state index in [0.29, 0.717) is 5.56 Å². The van der Waals surface area contributed by atoms with E-state index >= 15 is 0 Å². The van der Waals surface area contributed by atoms with Crippen molar-refractivity contribution in [1.29, 1.82) is 0 Å². The minimum Gasteiger partial charge on any atom is -0.479 e. The lowest BCUT2D eigenvalue weighted by Gasteiger charge is -2.22. The van der Waals surface area contributed by atoms with Crippen molar-refractivity contribution in [2.75, 3.05) is 6.54 Å². The topological polar surface area (TPSA) is 69.6 Å². The highest BCUT2D eigenvalue weighted by Crippen LogP contribution is 2.14. The maximum atomic E-state index is 13.0. The first kappa shape index (κ1) is 13.6. The molecule has 0 radical (unpaired) electrons. The molecule has 2 atom stereocenters. The SMILES string of the molecule is C[C@H](NCC(C)(O)C(=O)O)c1cccc(F)c1. The third kappa shape index (κ3) is 3.80. The number of carboxylic acid groups (broad SMARTS) is 1. The van der Waals surface area contributed by atoms with Crippen molar-refractivity contribution >= 4 is 5.97 Å². The molecule has 0 saturated carbocycles. The summed E-state index contributed by atoms with van der Waals surface area (Å²) in [4.78, 5) is 10.7. The monoisotopic (exact) mass is 241 g/mol. The first-order valence-electron chi connectivity index (χ1n) is 5.27. The lowest BCUT2D eigenvalue weighted by molar-refractivity contribution is -0.156. The minimum atomic E-state index is -1.83. The number of hydrogen-bond acceptors (Lipinski definition) is 3. The summed E-state index contributed by atoms with van der Waals surface area (Å²) < 4.78 is 13.0. The molecule has 17 heavy (non-hydrogen) atoms. The highest BCUT2D eigenvalue weighted by Gasteiger charge is 2.29. The van der Waals surface area contributed by atoms with Crippen LogP contribution in [0, 0.1) is 5.82 Å². The molecule has 0 heterocycles. The van der Waals surface area contributed by atoms with Gasteiger partial charge in [0.1, 0.15) is 5.82 Å². The molecule has 0 spiro atoms. The van der Waals surface area contributed by atoms with E-state index in [1.165, 1.54) is 19.1 Å². The van der Waals surface area contributed by atoms with E-state index in [-0.39, 0.29) is 18.4 Å². The van der Waals surface area contributed by atoms with Gasteiger partial charge in [-0.2, -0.15) is 0 Å². The van der Waals surface area contributed by atoms with Crippen molar-refractivity contribution in [2.45, 2.75) is 25.5 Å². The predicted molar refractivity (Wildman–Crippen MR) is 61.1 cm³/mol. The number of carboxylic acids is 1. The van der Waals surface area contributed by atoms with E-state index in [0.717, 1.165) is 0 Å². The van der Waals surface area contributed by atoms with Gasteiger partial charge in [0, 0.05) is 12.6 Å². The van der Waals surface area contributed by atoms with Crippen LogP contribution in [0.4, 0.5) is 4.39 Å². The minimum absolute atomic E-state index is 0.111. The summed E-state index contributed by atoms with van der Waals surface area (Å²) in [5.41, 5.74) is -1.13. The summed E-state index contributed by atoms with van der Waals surface area (Å²) in [5, 5.41) is 21.1. The molecular formula is C12H16FNO3. The van der Waals surface area contributed by atoms with Crippen molar-refractivity contribution in [3.8, 4) is 0 Å². The zero-order valence-electron chi connectivity index (χ0n) is 9.77. The van der Waals surface area contributed by atoms with Crippen LogP contribution in [0.3, 0.4) is 0 Å². The van der Waals surface area contributed by atoms with Gasteiger partial charge in [-0.1, -0.05) is 12.1 Å². The molecule has 1 aromatic rings. The van der Waals surface area contributed by atoms with Gasteiger partial charge in [-0.25, -0.2) is 9.18 Å². The van der Waals surface area contributed by atoms with Crippen LogP contribution in [0.5, 0.6) is 0 Å². The highest BCUT2D eigenvalue weighted by molar-refractivity contribution is 5.76. The first-order chi connectivity index (χ1) is 7.83. The number of halogens is 1. The third-order valence-corrected chi connectivity index (χ3v) is 2.56. The second-order valence-electron chi connectivity index (χ2n) is 4.24. The molecule has 5 heteroatoms. The maximum absolute atomic E-state index is 13.0. The van der Waals surface area contributed by atoms with Crippen LogP contribution in [0.1, 0.15) is 25.5 Å². The molecule has 4 nitrogen and oxygen atoms in total. The molecule has 0 saturated heterocycles. The van der Waals surface area contributed by atoms with Crippen molar-refractivity contribution in [2.24, 2.45) is 0 Å². The number of aliphatic hydroxyl groups is 1. The standard InChI is InChI=1S/C12H16FNO3/c1-8(9-4-3-5-10(13)6-9)14-7-12(2,17)11(15)16/h3-6,8,14,17H,7H2,1-2H3,(H,15,16)/t8-,12?/m0/s1. The number of aliphatic carboxylic acids is 1. The summed E-state index contributed by atoms with van der Waals surface area (Å²) in [6.07, 6.45) is 0. The summed E-state index contributed by atoms with van der Waals surface area (Å²) in [5.74, 6) is -1.64. The van der Waals surface area contributed by atoms with E-state index in [2.05, 4.69) is 5.32 Å². The Bertz CT molecular complexity index is 406. The van der Waals surface area contributed by atoms with E-state index in [1.54, 1.807) is 19.1 Å². The van der Waals surface area contributed by atoms with Crippen LogP contribution in [-0.2, 0) is 4.79 Å². The third-order valence-electron chi connectivity index (χ3n) is 2.56. The number of hydrogen-bond donors (Lipinski definition) is 3. The van der Waals surface area contributed by atoms with Gasteiger partial charge in [-0.3, -0.25) is 0 Å². The fraction of sp³-hybridized carbons (Fsp3) is 0.417. The average Bonchev–Trinajstić information content (AvgIpc) is 2.25. The molecule has 0 fully saturated rings. The van der Waals surface area contributed by atoms with E-state index in [4.69, 9.17) is 5.11 Å². The van der Waals surface area contributed by atoms with Crippen LogP contribution < -0.4 is 5.32 Å². The van der Waals surface area contributed by atoms with Gasteiger partial charge in [-0.15, -0.1) is 0 Å². The fourth-order valence-corrected chi connectivity index (χ4v) is 1.32. The lowest BCUT2D eigenvalue weighted by atomic mass is 10.0. The quantitative estimate of drug-likeness (QED) is 0.727. The number of carbonyl (C=O) groups is 1. The van der Waals surface area contributed by atoms with E-state index < -0.39 is 11.6 Å². The Hall–Kier alpha value is -1.46. The van der Waals surface area contributed by atoms with E-state index in [1.807, 2.05) is 0 Å². The Morgan fingerprint density at radius 1 is 1.59 bits per heavy atom. The van der Waals surface area contributed by atoms with Gasteiger partial charge in [0.25, 0.3) is 0 Å². The molecule has 94 valence electrons. The zero-order chi connectivity index (χ0) is 13.1. The van der Waals surface area contributed by atoms with E-state index in [9.17, 15) is 14.3 Å². The van der Waals surface area contributed by atoms with Crippen LogP contribution in [0.2, 0.25) is 0 Å². The lowest BCUT2D eigenvalue weighted by Crippen LogP contribution is -2.45. The molecule has 0 bridgehead atoms. The van der Waals surface area contributed by atoms with Gasteiger partial charge in [0.05, 0.1) is 0 Å². The summed E-state index contributed by atoms with van der Waals surface area (Å²) in [6, 6.07) is 5.78. The first-order valence-corrected chi connectivity index (χ1v) is 5.27. The van der Waals surface area contributed by atoms with Gasteiger partial charge < -0.3 is 15.5 Å². The summed E-state index contributed by atoms with van der Waals surface area (Å²) >= 11 is 0. The Kier molecular flexibility index (Phi) is 4.20. The molecule has 0 aliphatic carbocycles. The molecule has 0 amide bonds. The molecule has 1 unspecified atom stereocenters. The molecule has 1 rings (SSSR count). The summed E-state index contributed by atoms with van der Waals surface area (Å²) in [7, 11) is 0. The zero-order valence-corrected chi connectivity index (χ0v) is 9.77. The van der Waals surface area contributed by atoms with Crippen LogP contribution >= 0.6 is 0 Å². The van der Waals surface area contributed by atoms with Gasteiger partial charge in [0.15, 0.2) is 5.60 Å². The van der Waals surface area contributed by atoms with Crippen LogP contribution in [0.15, 0.2) is 24.3 Å². The van der Waals surface area contributed by atoms with Crippen LogP contribution in [0.25, 0.3) is 0 Å². The Labute approximate surface area is 99.1 Å². The summed E-state index contributed by atoms with van der Waals surface area (Å²) in [6.45, 7) is 2.87. The van der Waals surface area contributed by atoms with Gasteiger partial charge in [0.2, 0.25) is 0 Å². The maximum Gasteiger partial charge on any atom is 0.336 e. The molecular weight excluding hydrogens is 225 g/mol. The van der Waals surface area contributed by atoms with Crippen molar-refractivity contribution < 1.29 is 19.4 Å². The predicted octanol–water partition coefficient (Wildman–Crippen LogP) is 1.31. The van der Waals surface area contributed by atoms with Crippen molar-refractivity contribution in [1.82, 2.24) is 5.32 Å².